The van der Waals surface area contributed by atoms with Crippen molar-refractivity contribution in [3.8, 4) is 0 Å². The Labute approximate surface area is 108 Å². The van der Waals surface area contributed by atoms with Crippen LogP contribution in [0.3, 0.4) is 0 Å². The second kappa shape index (κ2) is 5.82. The lowest BCUT2D eigenvalue weighted by molar-refractivity contribution is 0.307. The molecule has 1 aliphatic carbocycles. The highest BCUT2D eigenvalue weighted by Crippen LogP contribution is 2.30. The molecule has 6 heteroatoms. The summed E-state index contributed by atoms with van der Waals surface area (Å²) < 4.78 is 2.95. The third-order valence-corrected chi connectivity index (χ3v) is 4.41. The summed E-state index contributed by atoms with van der Waals surface area (Å²) in [5, 5.41) is 12.9. The molecule has 1 aromatic rings. The Kier molecular flexibility index (Phi) is 4.40. The monoisotopic (exact) mass is 302 g/mol. The maximum atomic E-state index is 4.11. The number of nitrogens with zero attached hydrogens (tertiary/aromatic N) is 4. The van der Waals surface area contributed by atoms with Crippen molar-refractivity contribution in [2.45, 2.75) is 43.3 Å². The van der Waals surface area contributed by atoms with Crippen LogP contribution in [0.5, 0.6) is 0 Å². The van der Waals surface area contributed by atoms with Crippen molar-refractivity contribution in [3.05, 3.63) is 11.1 Å². The molecule has 1 saturated carbocycles. The minimum Gasteiger partial charge on any atom is -0.217 e. The maximum absolute atomic E-state index is 4.11. The van der Waals surface area contributed by atoms with Crippen molar-refractivity contribution in [1.29, 1.82) is 0 Å². The van der Waals surface area contributed by atoms with Crippen LogP contribution in [0.25, 0.3) is 0 Å². The summed E-state index contributed by atoms with van der Waals surface area (Å²) in [4.78, 5) is 0. The highest BCUT2D eigenvalue weighted by atomic mass is 79.9. The first kappa shape index (κ1) is 12.1. The molecule has 0 amide bonds. The minimum absolute atomic E-state index is 0.495. The van der Waals surface area contributed by atoms with Gasteiger partial charge >= 0.3 is 0 Å². The van der Waals surface area contributed by atoms with Gasteiger partial charge in [0.25, 0.3) is 0 Å². The van der Waals surface area contributed by atoms with Crippen LogP contribution >= 0.6 is 27.7 Å². The lowest BCUT2D eigenvalue weighted by atomic mass is 9.96. The Balaban J connectivity index is 2.02. The SMILES string of the molecule is C=C(Br)CSc1nnnn1C1CCCCC1. The number of thioether (sulfide) groups is 1. The van der Waals surface area contributed by atoms with E-state index in [-0.39, 0.29) is 0 Å². The molecule has 0 N–H and O–H groups in total. The van der Waals surface area contributed by atoms with Crippen molar-refractivity contribution in [3.63, 3.8) is 0 Å². The fourth-order valence-electron chi connectivity index (χ4n) is 1.98. The van der Waals surface area contributed by atoms with Crippen LogP contribution in [0.1, 0.15) is 38.1 Å². The van der Waals surface area contributed by atoms with E-state index in [1.54, 1.807) is 11.8 Å². The van der Waals surface area contributed by atoms with Crippen LogP contribution in [0, 0.1) is 0 Å². The molecule has 0 aromatic carbocycles. The average Bonchev–Trinajstić information content (AvgIpc) is 2.75. The van der Waals surface area contributed by atoms with Crippen LogP contribution in [0.15, 0.2) is 16.2 Å². The van der Waals surface area contributed by atoms with Crippen LogP contribution in [0.4, 0.5) is 0 Å². The fraction of sp³-hybridized carbons (Fsp3) is 0.700. The van der Waals surface area contributed by atoms with E-state index < -0.39 is 0 Å². The molecule has 1 aromatic heterocycles. The van der Waals surface area contributed by atoms with Gasteiger partial charge in [-0.1, -0.05) is 53.5 Å². The summed E-state index contributed by atoms with van der Waals surface area (Å²) >= 11 is 4.98. The predicted octanol–water partition coefficient (Wildman–Crippen LogP) is 3.18. The zero-order chi connectivity index (χ0) is 11.4. The zero-order valence-electron chi connectivity index (χ0n) is 9.10. The van der Waals surface area contributed by atoms with Gasteiger partial charge in [0.15, 0.2) is 0 Å². The van der Waals surface area contributed by atoms with Crippen molar-refractivity contribution >= 4 is 27.7 Å². The van der Waals surface area contributed by atoms with Crippen LogP contribution in [0.2, 0.25) is 0 Å². The summed E-state index contributed by atoms with van der Waals surface area (Å²) in [6, 6.07) is 0.495. The molecule has 0 spiro atoms. The molecule has 4 nitrogen and oxygen atoms in total. The second-order valence-corrected chi connectivity index (χ2v) is 6.07. The summed E-state index contributed by atoms with van der Waals surface area (Å²) in [5.41, 5.74) is 0. The predicted molar refractivity (Wildman–Crippen MR) is 68.7 cm³/mol. The Morgan fingerprint density at radius 3 is 2.88 bits per heavy atom. The van der Waals surface area contributed by atoms with E-state index >= 15 is 0 Å². The fourth-order valence-corrected chi connectivity index (χ4v) is 3.02. The van der Waals surface area contributed by atoms with Gasteiger partial charge in [-0.3, -0.25) is 0 Å². The molecule has 2 rings (SSSR count). The maximum Gasteiger partial charge on any atom is 0.209 e. The highest BCUT2D eigenvalue weighted by molar-refractivity contribution is 9.11. The Morgan fingerprint density at radius 1 is 1.44 bits per heavy atom. The van der Waals surface area contributed by atoms with Gasteiger partial charge < -0.3 is 0 Å². The summed E-state index contributed by atoms with van der Waals surface area (Å²) in [6.45, 7) is 3.81. The third-order valence-electron chi connectivity index (χ3n) is 2.74. The highest BCUT2D eigenvalue weighted by Gasteiger charge is 2.20. The van der Waals surface area contributed by atoms with E-state index in [9.17, 15) is 0 Å². The molecular weight excluding hydrogens is 288 g/mol. The lowest BCUT2D eigenvalue weighted by Gasteiger charge is -2.21. The summed E-state index contributed by atoms with van der Waals surface area (Å²) in [5.74, 6) is 0.813. The molecule has 0 unspecified atom stereocenters. The molecule has 0 saturated heterocycles. The molecule has 0 radical (unpaired) electrons. The van der Waals surface area contributed by atoms with E-state index in [1.165, 1.54) is 32.1 Å². The first-order chi connectivity index (χ1) is 7.77. The zero-order valence-corrected chi connectivity index (χ0v) is 11.5. The molecule has 1 aliphatic rings. The molecule has 1 fully saturated rings. The van der Waals surface area contributed by atoms with Gasteiger partial charge in [0.05, 0.1) is 6.04 Å². The van der Waals surface area contributed by atoms with Crippen LogP contribution in [-0.2, 0) is 0 Å². The molecular formula is C10H15BrN4S. The van der Waals surface area contributed by atoms with E-state index in [0.29, 0.717) is 6.04 Å². The Bertz CT molecular complexity index is 359. The number of halogens is 1. The minimum atomic E-state index is 0.495. The van der Waals surface area contributed by atoms with Crippen LogP contribution in [-0.4, -0.2) is 26.0 Å². The van der Waals surface area contributed by atoms with Gasteiger partial charge in [-0.05, 0) is 27.8 Å². The lowest BCUT2D eigenvalue weighted by Crippen LogP contribution is -2.15. The Morgan fingerprint density at radius 2 is 2.19 bits per heavy atom. The van der Waals surface area contributed by atoms with E-state index in [4.69, 9.17) is 0 Å². The van der Waals surface area contributed by atoms with Gasteiger partial charge in [-0.2, -0.15) is 0 Å². The van der Waals surface area contributed by atoms with E-state index in [1.807, 2.05) is 4.68 Å². The molecule has 0 bridgehead atoms. The first-order valence-electron chi connectivity index (χ1n) is 5.51. The van der Waals surface area contributed by atoms with Crippen molar-refractivity contribution < 1.29 is 0 Å². The van der Waals surface area contributed by atoms with Gasteiger partial charge in [0.2, 0.25) is 5.16 Å². The number of aromatic nitrogens is 4. The summed E-state index contributed by atoms with van der Waals surface area (Å²) in [6.07, 6.45) is 6.33. The first-order valence-corrected chi connectivity index (χ1v) is 7.29. The van der Waals surface area contributed by atoms with Crippen LogP contribution < -0.4 is 0 Å². The average molecular weight is 303 g/mol. The Hall–Kier alpha value is -0.360. The number of hydrogen-bond acceptors (Lipinski definition) is 4. The van der Waals surface area contributed by atoms with Crippen molar-refractivity contribution in [2.24, 2.45) is 0 Å². The van der Waals surface area contributed by atoms with Gasteiger partial charge in [0, 0.05) is 5.75 Å². The summed E-state index contributed by atoms with van der Waals surface area (Å²) in [7, 11) is 0. The molecule has 88 valence electrons. The molecule has 1 heterocycles. The van der Waals surface area contributed by atoms with Gasteiger partial charge in [-0.15, -0.1) is 5.10 Å². The normalized spacial score (nSPS) is 17.6. The standard InChI is InChI=1S/C10H15BrN4S/c1-8(11)7-16-10-12-13-14-15(10)9-5-3-2-4-6-9/h9H,1-7H2. The van der Waals surface area contributed by atoms with Crippen molar-refractivity contribution in [2.75, 3.05) is 5.75 Å². The smallest absolute Gasteiger partial charge is 0.209 e. The molecule has 0 atom stereocenters. The largest absolute Gasteiger partial charge is 0.217 e. The topological polar surface area (TPSA) is 43.6 Å². The number of hydrogen-bond donors (Lipinski definition) is 0. The molecule has 16 heavy (non-hydrogen) atoms. The number of rotatable bonds is 4. The van der Waals surface area contributed by atoms with Crippen molar-refractivity contribution in [1.82, 2.24) is 20.2 Å². The molecule has 0 aliphatic heterocycles. The quantitative estimate of drug-likeness (QED) is 0.801. The second-order valence-electron chi connectivity index (χ2n) is 4.00. The third kappa shape index (κ3) is 3.07. The van der Waals surface area contributed by atoms with E-state index in [2.05, 4.69) is 38.0 Å². The van der Waals surface area contributed by atoms with E-state index in [0.717, 1.165) is 15.4 Å². The van der Waals surface area contributed by atoms with Gasteiger partial charge in [0.1, 0.15) is 0 Å². The van der Waals surface area contributed by atoms with Gasteiger partial charge in [-0.25, -0.2) is 4.68 Å². The number of tetrazole rings is 1.